The summed E-state index contributed by atoms with van der Waals surface area (Å²) in [5.41, 5.74) is 7.42. The second-order valence-electron chi connectivity index (χ2n) is 2.37. The SMILES string of the molecule is Cl.OC1=Cc2ccccc2NN1. The molecule has 12 heavy (non-hydrogen) atoms. The summed E-state index contributed by atoms with van der Waals surface area (Å²) in [6, 6.07) is 7.73. The van der Waals surface area contributed by atoms with E-state index in [0.29, 0.717) is 0 Å². The first kappa shape index (κ1) is 8.74. The lowest BCUT2D eigenvalue weighted by Gasteiger charge is -2.16. The molecule has 3 nitrogen and oxygen atoms in total. The summed E-state index contributed by atoms with van der Waals surface area (Å²) in [5.74, 6) is 0.142. The van der Waals surface area contributed by atoms with Crippen LogP contribution in [0.3, 0.4) is 0 Å². The van der Waals surface area contributed by atoms with Crippen LogP contribution in [0, 0.1) is 0 Å². The number of halogens is 1. The fourth-order valence-corrected chi connectivity index (χ4v) is 1.05. The molecule has 0 atom stereocenters. The molecule has 1 aliphatic heterocycles. The lowest BCUT2D eigenvalue weighted by Crippen LogP contribution is -2.23. The third-order valence-corrected chi connectivity index (χ3v) is 1.58. The van der Waals surface area contributed by atoms with Crippen LogP contribution in [0.5, 0.6) is 0 Å². The molecule has 0 saturated heterocycles. The Morgan fingerprint density at radius 3 is 2.67 bits per heavy atom. The van der Waals surface area contributed by atoms with Crippen LogP contribution in [0.1, 0.15) is 5.56 Å². The van der Waals surface area contributed by atoms with Crippen LogP contribution >= 0.6 is 12.4 Å². The van der Waals surface area contributed by atoms with Crippen molar-refractivity contribution in [1.82, 2.24) is 5.43 Å². The number of aliphatic hydroxyl groups excluding tert-OH is 1. The molecule has 0 radical (unpaired) electrons. The highest BCUT2D eigenvalue weighted by Crippen LogP contribution is 2.19. The van der Waals surface area contributed by atoms with Gasteiger partial charge in [-0.25, -0.2) is 0 Å². The van der Waals surface area contributed by atoms with Gasteiger partial charge in [-0.2, -0.15) is 0 Å². The molecule has 3 N–H and O–H groups in total. The molecule has 1 heterocycles. The monoisotopic (exact) mass is 184 g/mol. The number of hydrogen-bond acceptors (Lipinski definition) is 3. The van der Waals surface area contributed by atoms with Crippen LogP contribution < -0.4 is 10.9 Å². The summed E-state index contributed by atoms with van der Waals surface area (Å²) < 4.78 is 0. The van der Waals surface area contributed by atoms with Crippen molar-refractivity contribution in [3.8, 4) is 0 Å². The molecule has 0 unspecified atom stereocenters. The smallest absolute Gasteiger partial charge is 0.203 e. The third-order valence-electron chi connectivity index (χ3n) is 1.58. The highest BCUT2D eigenvalue weighted by molar-refractivity contribution is 5.85. The normalized spacial score (nSPS) is 12.8. The summed E-state index contributed by atoms with van der Waals surface area (Å²) in [7, 11) is 0. The number of benzene rings is 1. The molecule has 0 amide bonds. The van der Waals surface area contributed by atoms with Crippen molar-refractivity contribution in [1.29, 1.82) is 0 Å². The first-order valence-electron chi connectivity index (χ1n) is 3.38. The van der Waals surface area contributed by atoms with Gasteiger partial charge in [0.1, 0.15) is 0 Å². The van der Waals surface area contributed by atoms with E-state index in [1.165, 1.54) is 0 Å². The van der Waals surface area contributed by atoms with Crippen molar-refractivity contribution < 1.29 is 5.11 Å². The van der Waals surface area contributed by atoms with Crippen LogP contribution in [-0.4, -0.2) is 5.11 Å². The quantitative estimate of drug-likeness (QED) is 0.577. The van der Waals surface area contributed by atoms with E-state index in [1.54, 1.807) is 6.08 Å². The van der Waals surface area contributed by atoms with Crippen molar-refractivity contribution >= 4 is 24.2 Å². The second-order valence-corrected chi connectivity index (χ2v) is 2.37. The van der Waals surface area contributed by atoms with Gasteiger partial charge >= 0.3 is 0 Å². The van der Waals surface area contributed by atoms with Crippen molar-refractivity contribution in [3.63, 3.8) is 0 Å². The molecule has 0 fully saturated rings. The van der Waals surface area contributed by atoms with E-state index in [9.17, 15) is 0 Å². The molecular weight excluding hydrogens is 176 g/mol. The number of aliphatic hydroxyl groups is 1. The first-order chi connectivity index (χ1) is 5.36. The Balaban J connectivity index is 0.000000720. The molecule has 0 aromatic heterocycles. The van der Waals surface area contributed by atoms with Crippen molar-refractivity contribution in [2.45, 2.75) is 0 Å². The zero-order chi connectivity index (χ0) is 7.68. The first-order valence-corrected chi connectivity index (χ1v) is 3.38. The van der Waals surface area contributed by atoms with Gasteiger partial charge in [0.05, 0.1) is 5.69 Å². The Morgan fingerprint density at radius 1 is 1.08 bits per heavy atom. The van der Waals surface area contributed by atoms with Gasteiger partial charge in [0.2, 0.25) is 5.88 Å². The molecule has 1 aromatic rings. The van der Waals surface area contributed by atoms with Crippen LogP contribution in [0.15, 0.2) is 30.1 Å². The van der Waals surface area contributed by atoms with E-state index in [4.69, 9.17) is 5.11 Å². The standard InChI is InChI=1S/C8H8N2O.ClH/c11-8-5-6-3-1-2-4-7(6)9-10-8;/h1-5,9-11H;1H. The van der Waals surface area contributed by atoms with Gasteiger partial charge in [0.25, 0.3) is 0 Å². The summed E-state index contributed by atoms with van der Waals surface area (Å²) in [6.07, 6.45) is 1.67. The Bertz CT molecular complexity index is 312. The Labute approximate surface area is 76.5 Å². The molecule has 1 aliphatic rings. The minimum atomic E-state index is 0. The molecule has 1 aromatic carbocycles. The number of hydrogen-bond donors (Lipinski definition) is 3. The predicted molar refractivity (Wildman–Crippen MR) is 51.1 cm³/mol. The lowest BCUT2D eigenvalue weighted by molar-refractivity contribution is 0.379. The summed E-state index contributed by atoms with van der Waals surface area (Å²) in [6.45, 7) is 0. The average Bonchev–Trinajstić information content (AvgIpc) is 2.04. The van der Waals surface area contributed by atoms with E-state index < -0.39 is 0 Å². The van der Waals surface area contributed by atoms with Gasteiger partial charge in [-0.3, -0.25) is 10.9 Å². The number of nitrogens with one attached hydrogen (secondary N) is 2. The fraction of sp³-hybridized carbons (Fsp3) is 0. The number of rotatable bonds is 0. The fourth-order valence-electron chi connectivity index (χ4n) is 1.05. The third kappa shape index (κ3) is 1.46. The maximum atomic E-state index is 9.04. The maximum Gasteiger partial charge on any atom is 0.203 e. The molecule has 0 aliphatic carbocycles. The molecule has 0 spiro atoms. The van der Waals surface area contributed by atoms with Crippen LogP contribution in [0.4, 0.5) is 5.69 Å². The van der Waals surface area contributed by atoms with Gasteiger partial charge in [-0.15, -0.1) is 12.4 Å². The zero-order valence-corrected chi connectivity index (χ0v) is 7.06. The van der Waals surface area contributed by atoms with Gasteiger partial charge < -0.3 is 5.11 Å². The van der Waals surface area contributed by atoms with E-state index >= 15 is 0 Å². The number of fused-ring (bicyclic) bond motifs is 1. The van der Waals surface area contributed by atoms with Gasteiger partial charge in [-0.05, 0) is 6.07 Å². The maximum absolute atomic E-state index is 9.04. The molecule has 2 rings (SSSR count). The highest BCUT2D eigenvalue weighted by Gasteiger charge is 2.04. The molecule has 64 valence electrons. The predicted octanol–water partition coefficient (Wildman–Crippen LogP) is 1.89. The number of hydrazine groups is 1. The lowest BCUT2D eigenvalue weighted by atomic mass is 10.1. The highest BCUT2D eigenvalue weighted by atomic mass is 35.5. The Kier molecular flexibility index (Phi) is 2.45. The van der Waals surface area contributed by atoms with Gasteiger partial charge in [0.15, 0.2) is 0 Å². The molecule has 0 bridgehead atoms. The minimum absolute atomic E-state index is 0. The van der Waals surface area contributed by atoms with E-state index in [0.717, 1.165) is 11.3 Å². The molecule has 0 saturated carbocycles. The van der Waals surface area contributed by atoms with Gasteiger partial charge in [-0.1, -0.05) is 18.2 Å². The second kappa shape index (κ2) is 3.36. The average molecular weight is 185 g/mol. The molecular formula is C8H9ClN2O. The van der Waals surface area contributed by atoms with Crippen LogP contribution in [-0.2, 0) is 0 Å². The van der Waals surface area contributed by atoms with Crippen molar-refractivity contribution in [3.05, 3.63) is 35.7 Å². The Morgan fingerprint density at radius 2 is 1.83 bits per heavy atom. The number of anilines is 1. The van der Waals surface area contributed by atoms with E-state index in [2.05, 4.69) is 10.9 Å². The summed E-state index contributed by atoms with van der Waals surface area (Å²) in [5, 5.41) is 9.04. The topological polar surface area (TPSA) is 44.3 Å². The van der Waals surface area contributed by atoms with Crippen LogP contribution in [0.2, 0.25) is 0 Å². The Hall–Kier alpha value is -1.35. The summed E-state index contributed by atoms with van der Waals surface area (Å²) in [4.78, 5) is 0. The van der Waals surface area contributed by atoms with Crippen LogP contribution in [0.25, 0.3) is 6.08 Å². The minimum Gasteiger partial charge on any atom is -0.494 e. The zero-order valence-electron chi connectivity index (χ0n) is 6.24. The van der Waals surface area contributed by atoms with E-state index in [-0.39, 0.29) is 18.3 Å². The van der Waals surface area contributed by atoms with Crippen molar-refractivity contribution in [2.24, 2.45) is 0 Å². The number of para-hydroxylation sites is 1. The largest absolute Gasteiger partial charge is 0.494 e. The van der Waals surface area contributed by atoms with E-state index in [1.807, 2.05) is 24.3 Å². The van der Waals surface area contributed by atoms with Crippen molar-refractivity contribution in [2.75, 3.05) is 5.43 Å². The van der Waals surface area contributed by atoms with Gasteiger partial charge in [0, 0.05) is 11.6 Å². The summed E-state index contributed by atoms with van der Waals surface area (Å²) >= 11 is 0. The molecule has 4 heteroatoms.